The molecule has 1 rings (SSSR count). The lowest BCUT2D eigenvalue weighted by atomic mass is 10.4. The van der Waals surface area contributed by atoms with Crippen molar-refractivity contribution in [3.05, 3.63) is 21.6 Å². The van der Waals surface area contributed by atoms with Gasteiger partial charge in [-0.05, 0) is 6.92 Å². The fourth-order valence-corrected chi connectivity index (χ4v) is 1.58. The summed E-state index contributed by atoms with van der Waals surface area (Å²) in [5, 5.41) is 10.6. The summed E-state index contributed by atoms with van der Waals surface area (Å²) in [6.07, 6.45) is 1.59. The molecule has 0 saturated carbocycles. The second-order valence-electron chi connectivity index (χ2n) is 4.03. The average Bonchev–Trinajstić information content (AvgIpc) is 2.29. The first-order chi connectivity index (χ1) is 8.06. The van der Waals surface area contributed by atoms with Crippen LogP contribution in [-0.4, -0.2) is 28.9 Å². The van der Waals surface area contributed by atoms with Crippen molar-refractivity contribution in [1.29, 1.82) is 0 Å². The number of anilines is 1. The Morgan fingerprint density at radius 2 is 2.18 bits per heavy atom. The van der Waals surface area contributed by atoms with E-state index in [1.54, 1.807) is 6.20 Å². The number of rotatable bonds is 6. The van der Waals surface area contributed by atoms with Gasteiger partial charge in [0.1, 0.15) is 5.02 Å². The van der Waals surface area contributed by atoms with E-state index in [0.717, 1.165) is 6.54 Å². The van der Waals surface area contributed by atoms with E-state index < -0.39 is 0 Å². The second-order valence-corrected chi connectivity index (χ2v) is 4.41. The van der Waals surface area contributed by atoms with Gasteiger partial charge in [-0.1, -0.05) is 25.4 Å². The fourth-order valence-electron chi connectivity index (χ4n) is 1.37. The van der Waals surface area contributed by atoms with Crippen molar-refractivity contribution in [2.24, 2.45) is 0 Å². The lowest BCUT2D eigenvalue weighted by Gasteiger charge is -2.11. The number of aromatic nitrogens is 2. The number of hydrogen-bond acceptors (Lipinski definition) is 4. The van der Waals surface area contributed by atoms with Gasteiger partial charge in [-0.25, -0.2) is 4.68 Å². The van der Waals surface area contributed by atoms with Gasteiger partial charge < -0.3 is 10.6 Å². The Hall–Kier alpha value is -1.07. The van der Waals surface area contributed by atoms with Gasteiger partial charge in [-0.3, -0.25) is 4.79 Å². The van der Waals surface area contributed by atoms with Crippen molar-refractivity contribution in [3.63, 3.8) is 0 Å². The highest BCUT2D eigenvalue weighted by molar-refractivity contribution is 6.32. The third-order valence-corrected chi connectivity index (χ3v) is 2.64. The summed E-state index contributed by atoms with van der Waals surface area (Å²) in [5.41, 5.74) is 0.336. The van der Waals surface area contributed by atoms with E-state index in [9.17, 15) is 4.79 Å². The van der Waals surface area contributed by atoms with E-state index in [1.807, 2.05) is 6.92 Å². The molecule has 0 atom stereocenters. The molecule has 0 fully saturated rings. The van der Waals surface area contributed by atoms with Crippen LogP contribution >= 0.6 is 11.6 Å². The predicted octanol–water partition coefficient (Wildman–Crippen LogP) is 1.33. The topological polar surface area (TPSA) is 59.0 Å². The number of aryl methyl sites for hydroxylation is 1. The van der Waals surface area contributed by atoms with E-state index in [-0.39, 0.29) is 10.6 Å². The molecule has 0 aliphatic rings. The molecule has 1 heterocycles. The molecule has 0 amide bonds. The summed E-state index contributed by atoms with van der Waals surface area (Å²) in [5.74, 6) is 0. The maximum atomic E-state index is 11.7. The lowest BCUT2D eigenvalue weighted by Crippen LogP contribution is -2.29. The van der Waals surface area contributed by atoms with Crippen LogP contribution in [0.2, 0.25) is 5.02 Å². The second kappa shape index (κ2) is 6.61. The molecular weight excluding hydrogens is 240 g/mol. The Bertz CT molecular complexity index is 416. The predicted molar refractivity (Wildman–Crippen MR) is 70.8 cm³/mol. The van der Waals surface area contributed by atoms with Crippen molar-refractivity contribution in [2.75, 3.05) is 18.4 Å². The van der Waals surface area contributed by atoms with Crippen LogP contribution in [0.15, 0.2) is 11.0 Å². The number of halogens is 1. The first kappa shape index (κ1) is 14.0. The quantitative estimate of drug-likeness (QED) is 0.756. The Labute approximate surface area is 106 Å². The molecule has 1 aromatic rings. The molecule has 96 valence electrons. The SMILES string of the molecule is CCn1ncc(NCCNC(C)C)c(Cl)c1=O. The standard InChI is InChI=1S/C11H19ClN4O/c1-4-16-11(17)10(12)9(7-15-16)14-6-5-13-8(2)3/h7-8,13-14H,4-6H2,1-3H3. The molecule has 0 bridgehead atoms. The van der Waals surface area contributed by atoms with E-state index in [2.05, 4.69) is 29.6 Å². The van der Waals surface area contributed by atoms with Gasteiger partial charge in [0.2, 0.25) is 0 Å². The van der Waals surface area contributed by atoms with Gasteiger partial charge >= 0.3 is 0 Å². The van der Waals surface area contributed by atoms with Gasteiger partial charge in [0, 0.05) is 25.7 Å². The zero-order valence-corrected chi connectivity index (χ0v) is 11.2. The minimum atomic E-state index is -0.254. The van der Waals surface area contributed by atoms with Crippen LogP contribution in [0.3, 0.4) is 0 Å². The molecule has 5 nitrogen and oxygen atoms in total. The number of hydrogen-bond donors (Lipinski definition) is 2. The molecule has 2 N–H and O–H groups in total. The molecule has 0 saturated heterocycles. The van der Waals surface area contributed by atoms with Gasteiger partial charge in [-0.15, -0.1) is 0 Å². The van der Waals surface area contributed by atoms with Crippen molar-refractivity contribution < 1.29 is 0 Å². The molecule has 0 spiro atoms. The van der Waals surface area contributed by atoms with Gasteiger partial charge in [-0.2, -0.15) is 5.10 Å². The summed E-state index contributed by atoms with van der Waals surface area (Å²) in [6, 6.07) is 0.443. The van der Waals surface area contributed by atoms with Crippen LogP contribution in [-0.2, 0) is 6.54 Å². The maximum absolute atomic E-state index is 11.7. The molecule has 0 aliphatic carbocycles. The van der Waals surface area contributed by atoms with Crippen LogP contribution in [0.4, 0.5) is 5.69 Å². The van der Waals surface area contributed by atoms with E-state index in [1.165, 1.54) is 4.68 Å². The first-order valence-corrected chi connectivity index (χ1v) is 6.17. The average molecular weight is 259 g/mol. The normalized spacial score (nSPS) is 10.9. The van der Waals surface area contributed by atoms with Crippen LogP contribution in [0.25, 0.3) is 0 Å². The lowest BCUT2D eigenvalue weighted by molar-refractivity contribution is 0.600. The van der Waals surface area contributed by atoms with E-state index in [4.69, 9.17) is 11.6 Å². The smallest absolute Gasteiger partial charge is 0.287 e. The summed E-state index contributed by atoms with van der Waals surface area (Å²) >= 11 is 5.96. The summed E-state index contributed by atoms with van der Waals surface area (Å²) < 4.78 is 1.33. The number of nitrogens with one attached hydrogen (secondary N) is 2. The zero-order valence-electron chi connectivity index (χ0n) is 10.5. The molecule has 0 unspecified atom stereocenters. The zero-order chi connectivity index (χ0) is 12.8. The van der Waals surface area contributed by atoms with Crippen LogP contribution in [0.5, 0.6) is 0 Å². The largest absolute Gasteiger partial charge is 0.381 e. The molecular formula is C11H19ClN4O. The van der Waals surface area contributed by atoms with Gasteiger partial charge in [0.15, 0.2) is 0 Å². The van der Waals surface area contributed by atoms with E-state index in [0.29, 0.717) is 24.8 Å². The highest BCUT2D eigenvalue weighted by Gasteiger charge is 2.07. The maximum Gasteiger partial charge on any atom is 0.287 e. The Morgan fingerprint density at radius 3 is 2.76 bits per heavy atom. The van der Waals surface area contributed by atoms with Crippen molar-refractivity contribution >= 4 is 17.3 Å². The van der Waals surface area contributed by atoms with Crippen molar-refractivity contribution in [3.8, 4) is 0 Å². The van der Waals surface area contributed by atoms with Crippen LogP contribution < -0.4 is 16.2 Å². The molecule has 6 heteroatoms. The summed E-state index contributed by atoms with van der Waals surface area (Å²) in [6.45, 7) is 8.05. The Balaban J connectivity index is 2.61. The Kier molecular flexibility index (Phi) is 5.44. The van der Waals surface area contributed by atoms with Crippen molar-refractivity contribution in [1.82, 2.24) is 15.1 Å². The van der Waals surface area contributed by atoms with Crippen LogP contribution in [0.1, 0.15) is 20.8 Å². The van der Waals surface area contributed by atoms with Gasteiger partial charge in [0.25, 0.3) is 5.56 Å². The summed E-state index contributed by atoms with van der Waals surface area (Å²) in [7, 11) is 0. The molecule has 0 aromatic carbocycles. The Morgan fingerprint density at radius 1 is 1.47 bits per heavy atom. The van der Waals surface area contributed by atoms with Crippen LogP contribution in [0, 0.1) is 0 Å². The minimum Gasteiger partial charge on any atom is -0.381 e. The molecule has 1 aromatic heterocycles. The highest BCUT2D eigenvalue weighted by atomic mass is 35.5. The monoisotopic (exact) mass is 258 g/mol. The van der Waals surface area contributed by atoms with Gasteiger partial charge in [0.05, 0.1) is 11.9 Å². The third-order valence-electron chi connectivity index (χ3n) is 2.28. The third kappa shape index (κ3) is 4.02. The molecule has 17 heavy (non-hydrogen) atoms. The summed E-state index contributed by atoms with van der Waals surface area (Å²) in [4.78, 5) is 11.7. The fraction of sp³-hybridized carbons (Fsp3) is 0.636. The molecule has 0 aliphatic heterocycles. The number of nitrogens with zero attached hydrogens (tertiary/aromatic N) is 2. The van der Waals surface area contributed by atoms with E-state index >= 15 is 0 Å². The minimum absolute atomic E-state index is 0.200. The molecule has 0 radical (unpaired) electrons. The highest BCUT2D eigenvalue weighted by Crippen LogP contribution is 2.14. The first-order valence-electron chi connectivity index (χ1n) is 5.79. The van der Waals surface area contributed by atoms with Crippen molar-refractivity contribution in [2.45, 2.75) is 33.4 Å².